The van der Waals surface area contributed by atoms with Gasteiger partial charge < -0.3 is 9.80 Å². The molecule has 0 bridgehead atoms. The lowest BCUT2D eigenvalue weighted by molar-refractivity contribution is 0.0989. The number of fused-ring (bicyclic) bond motifs is 1. The van der Waals surface area contributed by atoms with E-state index >= 15 is 0 Å². The van der Waals surface area contributed by atoms with Gasteiger partial charge in [-0.1, -0.05) is 35.9 Å². The van der Waals surface area contributed by atoms with Crippen molar-refractivity contribution in [2.45, 2.75) is 25.2 Å². The number of piperazine rings is 1. The summed E-state index contributed by atoms with van der Waals surface area (Å²) in [4.78, 5) is 17.0. The Morgan fingerprint density at radius 2 is 1.70 bits per heavy atom. The summed E-state index contributed by atoms with van der Waals surface area (Å²) in [6.45, 7) is 6.46. The highest BCUT2D eigenvalue weighted by Crippen LogP contribution is 2.32. The van der Waals surface area contributed by atoms with Crippen molar-refractivity contribution in [2.75, 3.05) is 37.6 Å². The monoisotopic (exact) mass is 485 g/mol. The third-order valence-electron chi connectivity index (χ3n) is 6.21. The van der Waals surface area contributed by atoms with Gasteiger partial charge in [-0.25, -0.2) is 8.42 Å². The molecule has 0 atom stereocenters. The lowest BCUT2D eigenvalue weighted by Crippen LogP contribution is -2.47. The van der Waals surface area contributed by atoms with Crippen LogP contribution in [0, 0.1) is 0 Å². The molecule has 4 rings (SSSR count). The van der Waals surface area contributed by atoms with Crippen molar-refractivity contribution < 1.29 is 13.2 Å². The molecule has 2 aliphatic heterocycles. The van der Waals surface area contributed by atoms with Gasteiger partial charge in [0.15, 0.2) is 0 Å². The maximum atomic E-state index is 13.3. The van der Waals surface area contributed by atoms with Crippen molar-refractivity contribution in [2.24, 2.45) is 0 Å². The van der Waals surface area contributed by atoms with Crippen molar-refractivity contribution in [1.29, 1.82) is 0 Å². The fourth-order valence-corrected chi connectivity index (χ4v) is 5.92. The van der Waals surface area contributed by atoms with Gasteiger partial charge in [-0.2, -0.15) is 4.31 Å². The highest BCUT2D eigenvalue weighted by atomic mass is 35.5. The molecule has 0 radical (unpaired) electrons. The van der Waals surface area contributed by atoms with Crippen molar-refractivity contribution in [3.63, 3.8) is 0 Å². The third kappa shape index (κ3) is 4.86. The Bertz CT molecular complexity index is 1200. The number of hydrogen-bond acceptors (Lipinski definition) is 4. The topological polar surface area (TPSA) is 60.9 Å². The van der Waals surface area contributed by atoms with Crippen LogP contribution in [0.2, 0.25) is 0 Å². The molecular weight excluding hydrogens is 458 g/mol. The molecule has 33 heavy (non-hydrogen) atoms. The van der Waals surface area contributed by atoms with Crippen molar-refractivity contribution in [3.8, 4) is 0 Å². The number of hydrogen-bond donors (Lipinski definition) is 0. The second kappa shape index (κ2) is 9.71. The van der Waals surface area contributed by atoms with Crippen LogP contribution < -0.4 is 4.90 Å². The Kier molecular flexibility index (Phi) is 6.93. The van der Waals surface area contributed by atoms with Gasteiger partial charge in [0.05, 0.1) is 4.90 Å². The lowest BCUT2D eigenvalue weighted by atomic mass is 10.1. The Morgan fingerprint density at radius 1 is 1.00 bits per heavy atom. The zero-order chi connectivity index (χ0) is 23.6. The van der Waals surface area contributed by atoms with Gasteiger partial charge >= 0.3 is 0 Å². The van der Waals surface area contributed by atoms with Crippen LogP contribution in [0.5, 0.6) is 0 Å². The molecule has 0 aromatic heterocycles. The van der Waals surface area contributed by atoms with Crippen molar-refractivity contribution in [3.05, 3.63) is 82.5 Å². The summed E-state index contributed by atoms with van der Waals surface area (Å²) in [5, 5.41) is 0.667. The van der Waals surface area contributed by atoms with Crippen LogP contribution >= 0.6 is 11.6 Å². The van der Waals surface area contributed by atoms with Crippen LogP contribution in [0.15, 0.2) is 76.3 Å². The lowest BCUT2D eigenvalue weighted by Gasteiger charge is -2.35. The normalized spacial score (nSPS) is 17.9. The summed E-state index contributed by atoms with van der Waals surface area (Å²) in [5.74, 6) is -0.0671. The Morgan fingerprint density at radius 3 is 2.36 bits per heavy atom. The van der Waals surface area contributed by atoms with Gasteiger partial charge in [0.1, 0.15) is 0 Å². The number of amides is 1. The fourth-order valence-electron chi connectivity index (χ4n) is 4.29. The molecule has 0 aliphatic carbocycles. The van der Waals surface area contributed by atoms with Gasteiger partial charge in [0.25, 0.3) is 5.91 Å². The first-order valence-corrected chi connectivity index (χ1v) is 12.9. The first kappa shape index (κ1) is 23.5. The summed E-state index contributed by atoms with van der Waals surface area (Å²) in [7, 11) is -3.60. The maximum Gasteiger partial charge on any atom is 0.258 e. The minimum Gasteiger partial charge on any atom is -0.372 e. The molecule has 2 aromatic rings. The molecule has 2 heterocycles. The second-order valence-electron chi connectivity index (χ2n) is 8.21. The van der Waals surface area contributed by atoms with Crippen LogP contribution in [0.4, 0.5) is 5.69 Å². The number of carbonyl (C=O) groups is 1. The van der Waals surface area contributed by atoms with Crippen LogP contribution in [0.1, 0.15) is 29.8 Å². The van der Waals surface area contributed by atoms with E-state index in [1.165, 1.54) is 4.31 Å². The molecule has 174 valence electrons. The van der Waals surface area contributed by atoms with Gasteiger partial charge in [0.2, 0.25) is 10.0 Å². The van der Waals surface area contributed by atoms with E-state index in [0.29, 0.717) is 49.7 Å². The largest absolute Gasteiger partial charge is 0.372 e. The minimum atomic E-state index is -3.60. The summed E-state index contributed by atoms with van der Waals surface area (Å²) in [5.41, 5.74) is 3.32. The minimum absolute atomic E-state index is 0.0671. The molecule has 2 aliphatic rings. The number of sulfonamides is 1. The van der Waals surface area contributed by atoms with E-state index in [9.17, 15) is 13.2 Å². The quantitative estimate of drug-likeness (QED) is 0.594. The van der Waals surface area contributed by atoms with E-state index in [4.69, 9.17) is 11.6 Å². The van der Waals surface area contributed by atoms with Gasteiger partial charge in [-0.05, 0) is 62.2 Å². The first-order valence-electron chi connectivity index (χ1n) is 11.1. The van der Waals surface area contributed by atoms with Gasteiger partial charge in [-0.3, -0.25) is 4.79 Å². The molecule has 6 nitrogen and oxygen atoms in total. The SMILES string of the molecule is CC=C(Cl)C=C(C)N1CCN(S(=O)(=O)c2ccc3c(c2)CCN3C(=O)c2ccccc2)CC1. The molecule has 0 N–H and O–H groups in total. The van der Waals surface area contributed by atoms with E-state index in [1.807, 2.05) is 44.2 Å². The molecule has 0 saturated carbocycles. The average molecular weight is 486 g/mol. The zero-order valence-electron chi connectivity index (χ0n) is 18.9. The number of carbonyl (C=O) groups excluding carboxylic acids is 1. The highest BCUT2D eigenvalue weighted by molar-refractivity contribution is 7.89. The predicted molar refractivity (Wildman–Crippen MR) is 132 cm³/mol. The van der Waals surface area contributed by atoms with E-state index in [-0.39, 0.29) is 10.8 Å². The van der Waals surface area contributed by atoms with E-state index < -0.39 is 10.0 Å². The van der Waals surface area contributed by atoms with E-state index in [0.717, 1.165) is 16.9 Å². The van der Waals surface area contributed by atoms with Gasteiger partial charge in [0, 0.05) is 54.7 Å². The molecular formula is C25H28ClN3O3S. The van der Waals surface area contributed by atoms with Crippen LogP contribution in [-0.4, -0.2) is 56.3 Å². The van der Waals surface area contributed by atoms with Crippen molar-refractivity contribution in [1.82, 2.24) is 9.21 Å². The molecule has 0 unspecified atom stereocenters. The number of rotatable bonds is 5. The molecule has 8 heteroatoms. The third-order valence-corrected chi connectivity index (χ3v) is 8.43. The fraction of sp³-hybridized carbons (Fsp3) is 0.320. The second-order valence-corrected chi connectivity index (χ2v) is 10.6. The number of allylic oxidation sites excluding steroid dienone is 4. The molecule has 1 fully saturated rings. The Balaban J connectivity index is 1.48. The summed E-state index contributed by atoms with van der Waals surface area (Å²) in [6.07, 6.45) is 4.36. The van der Waals surface area contributed by atoms with Gasteiger partial charge in [-0.15, -0.1) is 0 Å². The van der Waals surface area contributed by atoms with E-state index in [2.05, 4.69) is 4.90 Å². The number of nitrogens with zero attached hydrogens (tertiary/aromatic N) is 3. The van der Waals surface area contributed by atoms with Crippen LogP contribution in [-0.2, 0) is 16.4 Å². The number of benzene rings is 2. The van der Waals surface area contributed by atoms with Crippen molar-refractivity contribution >= 4 is 33.2 Å². The predicted octanol–water partition coefficient (Wildman–Crippen LogP) is 4.24. The molecule has 2 aromatic carbocycles. The van der Waals surface area contributed by atoms with E-state index in [1.54, 1.807) is 35.2 Å². The summed E-state index contributed by atoms with van der Waals surface area (Å²) >= 11 is 6.10. The zero-order valence-corrected chi connectivity index (χ0v) is 20.4. The Hall–Kier alpha value is -2.61. The molecule has 1 saturated heterocycles. The number of halogens is 1. The maximum absolute atomic E-state index is 13.3. The first-order chi connectivity index (χ1) is 15.8. The molecule has 0 spiro atoms. The Labute approximate surface area is 200 Å². The summed E-state index contributed by atoms with van der Waals surface area (Å²) in [6, 6.07) is 14.3. The van der Waals surface area contributed by atoms with Crippen LogP contribution in [0.3, 0.4) is 0 Å². The summed E-state index contributed by atoms with van der Waals surface area (Å²) < 4.78 is 28.2. The molecule has 1 amide bonds. The standard InChI is InChI=1S/C25H28ClN3O3S/c1-3-22(26)17-19(2)27-13-15-28(16-14-27)33(31,32)23-9-10-24-21(18-23)11-12-29(24)25(30)20-7-5-4-6-8-20/h3-10,17-18H,11-16H2,1-2H3. The average Bonchev–Trinajstić information content (AvgIpc) is 3.27. The smallest absolute Gasteiger partial charge is 0.258 e. The number of anilines is 1. The van der Waals surface area contributed by atoms with Crippen LogP contribution in [0.25, 0.3) is 0 Å². The highest BCUT2D eigenvalue weighted by Gasteiger charge is 2.31.